The first kappa shape index (κ1) is 10.1. The summed E-state index contributed by atoms with van der Waals surface area (Å²) in [4.78, 5) is 9.00. The predicted octanol–water partition coefficient (Wildman–Crippen LogP) is 1.44. The molecule has 0 spiro atoms. The van der Waals surface area contributed by atoms with Gasteiger partial charge in [0.1, 0.15) is 0 Å². The third-order valence-corrected chi connectivity index (χ3v) is 0.204. The average Bonchev–Trinajstić information content (AvgIpc) is 1.65. The third kappa shape index (κ3) is 794000. The van der Waals surface area contributed by atoms with E-state index in [2.05, 4.69) is 12.3 Å². The van der Waals surface area contributed by atoms with Crippen LogP contribution in [0.4, 0.5) is 0 Å². The Morgan fingerprint density at radius 3 is 2.00 bits per heavy atom. The molecule has 0 atom stereocenters. The number of allylic oxidation sites excluding steroid dienone is 1. The molecule has 0 aromatic rings. The first-order chi connectivity index (χ1) is 3.65. The van der Waals surface area contributed by atoms with E-state index in [1.807, 2.05) is 6.92 Å². The molecule has 1 N–H and O–H groups in total. The molecule has 0 saturated carbocycles. The van der Waals surface area contributed by atoms with Crippen LogP contribution in [0.5, 0.6) is 0 Å². The summed E-state index contributed by atoms with van der Waals surface area (Å²) < 4.78 is 0. The van der Waals surface area contributed by atoms with E-state index >= 15 is 0 Å². The Morgan fingerprint density at radius 1 is 1.88 bits per heavy atom. The average molecular weight is 114 g/mol. The lowest BCUT2D eigenvalue weighted by atomic mass is 10.7. The Hall–Kier alpha value is -1.01. The minimum atomic E-state index is -0.833. The quantitative estimate of drug-likeness (QED) is 0.484. The van der Waals surface area contributed by atoms with Crippen molar-refractivity contribution in [2.75, 3.05) is 0 Å². The molecule has 0 amide bonds. The Balaban J connectivity index is 0. The molecule has 2 nitrogen and oxygen atoms in total. The van der Waals surface area contributed by atoms with Crippen molar-refractivity contribution >= 4 is 5.97 Å². The molecule has 46 valence electrons. The SMILES string of the molecule is C=C=CC.CC(=O)O. The summed E-state index contributed by atoms with van der Waals surface area (Å²) in [5.74, 6) is -0.833. The lowest BCUT2D eigenvalue weighted by Crippen LogP contribution is -1.78. The predicted molar refractivity (Wildman–Crippen MR) is 32.7 cm³/mol. The number of carboxylic acid groups (broad SMARTS) is 1. The van der Waals surface area contributed by atoms with Gasteiger partial charge < -0.3 is 5.11 Å². The van der Waals surface area contributed by atoms with Crippen molar-refractivity contribution in [1.29, 1.82) is 0 Å². The van der Waals surface area contributed by atoms with Crippen molar-refractivity contribution in [3.63, 3.8) is 0 Å². The lowest BCUT2D eigenvalue weighted by molar-refractivity contribution is -0.134. The van der Waals surface area contributed by atoms with Crippen LogP contribution in [0.3, 0.4) is 0 Å². The van der Waals surface area contributed by atoms with Crippen LogP contribution in [0.25, 0.3) is 0 Å². The van der Waals surface area contributed by atoms with Gasteiger partial charge in [0.05, 0.1) is 0 Å². The summed E-state index contributed by atoms with van der Waals surface area (Å²) in [7, 11) is 0. The summed E-state index contributed by atoms with van der Waals surface area (Å²) in [5, 5.41) is 7.42. The maximum atomic E-state index is 9.00. The van der Waals surface area contributed by atoms with Crippen LogP contribution in [-0.4, -0.2) is 11.1 Å². The van der Waals surface area contributed by atoms with Crippen molar-refractivity contribution in [3.05, 3.63) is 18.4 Å². The molecule has 0 aliphatic heterocycles. The van der Waals surface area contributed by atoms with Crippen molar-refractivity contribution in [1.82, 2.24) is 0 Å². The van der Waals surface area contributed by atoms with Crippen molar-refractivity contribution in [3.8, 4) is 0 Å². The number of rotatable bonds is 0. The van der Waals surface area contributed by atoms with Crippen LogP contribution in [0, 0.1) is 0 Å². The lowest BCUT2D eigenvalue weighted by Gasteiger charge is -1.59. The van der Waals surface area contributed by atoms with Crippen LogP contribution < -0.4 is 0 Å². The molecular weight excluding hydrogens is 104 g/mol. The fourth-order valence-electron chi connectivity index (χ4n) is 0. The van der Waals surface area contributed by atoms with E-state index in [4.69, 9.17) is 9.90 Å². The van der Waals surface area contributed by atoms with E-state index in [1.54, 1.807) is 6.08 Å². The van der Waals surface area contributed by atoms with Gasteiger partial charge in [-0.3, -0.25) is 4.79 Å². The third-order valence-electron chi connectivity index (χ3n) is 0.204. The fourth-order valence-corrected chi connectivity index (χ4v) is 0. The molecule has 0 aliphatic rings. The maximum Gasteiger partial charge on any atom is 0.300 e. The number of carboxylic acids is 1. The van der Waals surface area contributed by atoms with Gasteiger partial charge in [0.25, 0.3) is 5.97 Å². The van der Waals surface area contributed by atoms with Gasteiger partial charge in [-0.05, 0) is 13.0 Å². The molecular formula is C6H10O2. The normalized spacial score (nSPS) is 5.25. The summed E-state index contributed by atoms with van der Waals surface area (Å²) in [6.45, 7) is 6.26. The van der Waals surface area contributed by atoms with E-state index < -0.39 is 5.97 Å². The Bertz CT molecular complexity index is 95.1. The molecule has 0 bridgehead atoms. The van der Waals surface area contributed by atoms with Gasteiger partial charge >= 0.3 is 0 Å². The Kier molecular flexibility index (Phi) is 11.8. The standard InChI is InChI=1S/C4H6.C2H4O2/c1-3-4-2;1-2(3)4/h4H,1H2,2H3;1H3,(H,3,4). The van der Waals surface area contributed by atoms with Crippen molar-refractivity contribution in [2.24, 2.45) is 0 Å². The van der Waals surface area contributed by atoms with E-state index in [0.717, 1.165) is 6.92 Å². The van der Waals surface area contributed by atoms with Crippen molar-refractivity contribution < 1.29 is 9.90 Å². The molecule has 0 rings (SSSR count). The molecule has 0 unspecified atom stereocenters. The summed E-state index contributed by atoms with van der Waals surface area (Å²) in [6.07, 6.45) is 1.76. The van der Waals surface area contributed by atoms with Crippen LogP contribution in [0.1, 0.15) is 13.8 Å². The first-order valence-electron chi connectivity index (χ1n) is 2.15. The minimum Gasteiger partial charge on any atom is -0.481 e. The van der Waals surface area contributed by atoms with Crippen LogP contribution in [-0.2, 0) is 4.79 Å². The van der Waals surface area contributed by atoms with Crippen LogP contribution in [0.15, 0.2) is 18.4 Å². The second kappa shape index (κ2) is 9.37. The van der Waals surface area contributed by atoms with Gasteiger partial charge in [0.15, 0.2) is 0 Å². The zero-order valence-electron chi connectivity index (χ0n) is 5.14. The van der Waals surface area contributed by atoms with Crippen LogP contribution >= 0.6 is 0 Å². The topological polar surface area (TPSA) is 37.3 Å². The number of carbonyl (C=O) groups is 1. The maximum absolute atomic E-state index is 9.00. The summed E-state index contributed by atoms with van der Waals surface area (Å²) in [6, 6.07) is 0. The highest BCUT2D eigenvalue weighted by Crippen LogP contribution is 1.46. The van der Waals surface area contributed by atoms with Gasteiger partial charge in [-0.15, -0.1) is 5.73 Å². The largest absolute Gasteiger partial charge is 0.481 e. The highest BCUT2D eigenvalue weighted by molar-refractivity contribution is 5.62. The Morgan fingerprint density at radius 2 is 2.00 bits per heavy atom. The highest BCUT2D eigenvalue weighted by Gasteiger charge is 1.65. The van der Waals surface area contributed by atoms with Gasteiger partial charge in [-0.1, -0.05) is 6.58 Å². The molecule has 0 aromatic heterocycles. The molecule has 2 heteroatoms. The van der Waals surface area contributed by atoms with E-state index in [9.17, 15) is 0 Å². The fraction of sp³-hybridized carbons (Fsp3) is 0.333. The molecule has 8 heavy (non-hydrogen) atoms. The van der Waals surface area contributed by atoms with E-state index in [0.29, 0.717) is 0 Å². The van der Waals surface area contributed by atoms with E-state index in [1.165, 1.54) is 0 Å². The molecule has 0 heterocycles. The van der Waals surface area contributed by atoms with Gasteiger partial charge in [-0.2, -0.15) is 0 Å². The molecule has 0 saturated heterocycles. The minimum absolute atomic E-state index is 0.833. The highest BCUT2D eigenvalue weighted by atomic mass is 16.4. The zero-order chi connectivity index (χ0) is 6.99. The summed E-state index contributed by atoms with van der Waals surface area (Å²) in [5.41, 5.74) is 2.56. The van der Waals surface area contributed by atoms with E-state index in [-0.39, 0.29) is 0 Å². The zero-order valence-corrected chi connectivity index (χ0v) is 5.14. The van der Waals surface area contributed by atoms with Crippen LogP contribution in [0.2, 0.25) is 0 Å². The summed E-state index contributed by atoms with van der Waals surface area (Å²) >= 11 is 0. The van der Waals surface area contributed by atoms with Crippen molar-refractivity contribution in [2.45, 2.75) is 13.8 Å². The van der Waals surface area contributed by atoms with Gasteiger partial charge in [0, 0.05) is 6.92 Å². The number of hydrogen-bond acceptors (Lipinski definition) is 1. The molecule has 0 radical (unpaired) electrons. The second-order valence-corrected chi connectivity index (χ2v) is 1.01. The Labute approximate surface area is 49.1 Å². The monoisotopic (exact) mass is 114 g/mol. The molecule has 0 aromatic carbocycles. The molecule has 0 aliphatic carbocycles. The number of hydrogen-bond donors (Lipinski definition) is 1. The smallest absolute Gasteiger partial charge is 0.300 e. The number of aliphatic carboxylic acids is 1. The van der Waals surface area contributed by atoms with Gasteiger partial charge in [-0.25, -0.2) is 0 Å². The first-order valence-corrected chi connectivity index (χ1v) is 2.15. The second-order valence-electron chi connectivity index (χ2n) is 1.01. The molecule has 0 fully saturated rings. The van der Waals surface area contributed by atoms with Gasteiger partial charge in [0.2, 0.25) is 0 Å².